The number of carbonyl (C=O) groups excluding carboxylic acids is 1. The molecule has 1 saturated heterocycles. The van der Waals surface area contributed by atoms with Crippen molar-refractivity contribution < 1.29 is 14.3 Å². The van der Waals surface area contributed by atoms with E-state index >= 15 is 0 Å². The van der Waals surface area contributed by atoms with Gasteiger partial charge in [0.2, 0.25) is 0 Å². The van der Waals surface area contributed by atoms with Gasteiger partial charge in [0.15, 0.2) is 0 Å². The smallest absolute Gasteiger partial charge is 0.263 e. The van der Waals surface area contributed by atoms with Crippen LogP contribution in [0, 0.1) is 0 Å². The van der Waals surface area contributed by atoms with Crippen molar-refractivity contribution in [3.05, 3.63) is 112 Å². The number of hydrogen-bond donors (Lipinski definition) is 1. The Bertz CT molecular complexity index is 1280. The maximum Gasteiger partial charge on any atom is 0.263 e. The first-order valence-electron chi connectivity index (χ1n) is 10.7. The van der Waals surface area contributed by atoms with Gasteiger partial charge in [-0.3, -0.25) is 4.79 Å². The minimum atomic E-state index is -0.186. The Kier molecular flexibility index (Phi) is 6.03. The molecule has 0 spiro atoms. The molecule has 0 bridgehead atoms. The highest BCUT2D eigenvalue weighted by Crippen LogP contribution is 2.47. The van der Waals surface area contributed by atoms with Gasteiger partial charge in [0.25, 0.3) is 5.91 Å². The van der Waals surface area contributed by atoms with Crippen LogP contribution in [0.25, 0.3) is 5.76 Å². The van der Waals surface area contributed by atoms with Gasteiger partial charge in [-0.15, -0.1) is 0 Å². The number of allylic oxidation sites excluding steroid dienone is 2. The van der Waals surface area contributed by atoms with Gasteiger partial charge in [-0.2, -0.15) is 0 Å². The van der Waals surface area contributed by atoms with Crippen LogP contribution in [0.2, 0.25) is 0 Å². The Balaban J connectivity index is 1.73. The highest BCUT2D eigenvalue weighted by molar-refractivity contribution is 8.26. The van der Waals surface area contributed by atoms with Gasteiger partial charge < -0.3 is 14.8 Å². The number of hydrogen-bond acceptors (Lipinski definition) is 5. The summed E-state index contributed by atoms with van der Waals surface area (Å²) in [7, 11) is 0. The largest absolute Gasteiger partial charge is 0.494 e. The first-order chi connectivity index (χ1) is 16.1. The van der Waals surface area contributed by atoms with Crippen molar-refractivity contribution in [3.8, 4) is 11.5 Å². The standard InChI is InChI=1S/C27H21NO3S2/c1-2-30-19-14-12-18(13-15-19)25-21(16-23-26(29)28-27(32)33-23)24(17-8-4-3-5-9-17)20-10-6-7-11-22(20)31-25/h3-16,24H,2H2,1H3,(H,28,29,32)/b23-16+/t24-/m0/s1. The molecule has 3 aromatic rings. The van der Waals surface area contributed by atoms with Crippen molar-refractivity contribution in [1.82, 2.24) is 5.32 Å². The Morgan fingerprint density at radius 2 is 1.76 bits per heavy atom. The maximum absolute atomic E-state index is 12.5. The van der Waals surface area contributed by atoms with Crippen molar-refractivity contribution in [2.45, 2.75) is 12.8 Å². The molecule has 0 aromatic heterocycles. The molecule has 1 fully saturated rings. The van der Waals surface area contributed by atoms with Crippen LogP contribution in [0.4, 0.5) is 0 Å². The van der Waals surface area contributed by atoms with E-state index in [1.807, 2.05) is 73.7 Å². The predicted octanol–water partition coefficient (Wildman–Crippen LogP) is 6.05. The molecule has 1 amide bonds. The molecule has 0 radical (unpaired) electrons. The van der Waals surface area contributed by atoms with E-state index in [9.17, 15) is 4.79 Å². The van der Waals surface area contributed by atoms with E-state index in [1.165, 1.54) is 11.8 Å². The lowest BCUT2D eigenvalue weighted by molar-refractivity contribution is -0.115. The van der Waals surface area contributed by atoms with E-state index < -0.39 is 0 Å². The Morgan fingerprint density at radius 1 is 1.03 bits per heavy atom. The van der Waals surface area contributed by atoms with Gasteiger partial charge in [0, 0.05) is 22.6 Å². The molecule has 6 heteroatoms. The average Bonchev–Trinajstić information content (AvgIpc) is 3.16. The van der Waals surface area contributed by atoms with E-state index in [1.54, 1.807) is 0 Å². The highest BCUT2D eigenvalue weighted by Gasteiger charge is 2.32. The molecule has 1 N–H and O–H groups in total. The second-order valence-electron chi connectivity index (χ2n) is 7.58. The van der Waals surface area contributed by atoms with Gasteiger partial charge in [0.05, 0.1) is 11.5 Å². The monoisotopic (exact) mass is 471 g/mol. The number of thiocarbonyl (C=S) groups is 1. The molecule has 2 heterocycles. The summed E-state index contributed by atoms with van der Waals surface area (Å²) in [4.78, 5) is 13.1. The molecule has 164 valence electrons. The third kappa shape index (κ3) is 4.32. The molecule has 0 saturated carbocycles. The molecular weight excluding hydrogens is 450 g/mol. The number of benzene rings is 3. The first-order valence-corrected chi connectivity index (χ1v) is 11.9. The number of para-hydroxylation sites is 1. The first kappa shape index (κ1) is 21.5. The average molecular weight is 472 g/mol. The molecule has 1 atom stereocenters. The summed E-state index contributed by atoms with van der Waals surface area (Å²) in [5.74, 6) is 2.02. The zero-order valence-corrected chi connectivity index (χ0v) is 19.5. The van der Waals surface area contributed by atoms with Crippen molar-refractivity contribution in [2.75, 3.05) is 6.61 Å². The van der Waals surface area contributed by atoms with Crippen LogP contribution in [-0.2, 0) is 4.79 Å². The van der Waals surface area contributed by atoms with Crippen LogP contribution in [0.1, 0.15) is 29.5 Å². The topological polar surface area (TPSA) is 47.6 Å². The molecule has 5 rings (SSSR count). The van der Waals surface area contributed by atoms with Crippen LogP contribution in [0.5, 0.6) is 11.5 Å². The number of fused-ring (bicyclic) bond motifs is 1. The summed E-state index contributed by atoms with van der Waals surface area (Å²) < 4.78 is 12.6. The normalized spacial score (nSPS) is 18.7. The summed E-state index contributed by atoms with van der Waals surface area (Å²) >= 11 is 6.49. The van der Waals surface area contributed by atoms with Crippen LogP contribution in [0.3, 0.4) is 0 Å². The summed E-state index contributed by atoms with van der Waals surface area (Å²) in [5, 5.41) is 2.71. The molecule has 2 aliphatic rings. The summed E-state index contributed by atoms with van der Waals surface area (Å²) in [6.45, 7) is 2.56. The molecule has 2 aliphatic heterocycles. The van der Waals surface area contributed by atoms with Gasteiger partial charge in [0.1, 0.15) is 21.6 Å². The van der Waals surface area contributed by atoms with Crippen LogP contribution in [0.15, 0.2) is 95.4 Å². The minimum Gasteiger partial charge on any atom is -0.494 e. The van der Waals surface area contributed by atoms with Crippen LogP contribution in [-0.4, -0.2) is 16.8 Å². The molecule has 33 heavy (non-hydrogen) atoms. The van der Waals surface area contributed by atoms with Crippen molar-refractivity contribution in [2.24, 2.45) is 0 Å². The summed E-state index contributed by atoms with van der Waals surface area (Å²) in [6.07, 6.45) is 1.92. The number of amides is 1. The second-order valence-corrected chi connectivity index (χ2v) is 9.30. The molecule has 0 unspecified atom stereocenters. The number of ether oxygens (including phenoxy) is 2. The number of nitrogens with one attached hydrogen (secondary N) is 1. The van der Waals surface area contributed by atoms with E-state index in [4.69, 9.17) is 21.7 Å². The molecule has 3 aromatic carbocycles. The lowest BCUT2D eigenvalue weighted by Gasteiger charge is -2.30. The van der Waals surface area contributed by atoms with Crippen molar-refractivity contribution in [3.63, 3.8) is 0 Å². The van der Waals surface area contributed by atoms with Crippen molar-refractivity contribution >= 4 is 40.0 Å². The molecule has 4 nitrogen and oxygen atoms in total. The maximum atomic E-state index is 12.5. The van der Waals surface area contributed by atoms with E-state index in [-0.39, 0.29) is 11.8 Å². The molecule has 0 aliphatic carbocycles. The Hall–Kier alpha value is -3.35. The predicted molar refractivity (Wildman–Crippen MR) is 136 cm³/mol. The number of rotatable bonds is 5. The van der Waals surface area contributed by atoms with Crippen LogP contribution < -0.4 is 14.8 Å². The number of carbonyl (C=O) groups is 1. The zero-order chi connectivity index (χ0) is 22.8. The SMILES string of the molecule is CCOc1ccc(C2=C(/C=C3/SC(=S)NC3=O)[C@@H](c3ccccc3)c3ccccc3O2)cc1. The zero-order valence-electron chi connectivity index (χ0n) is 17.9. The highest BCUT2D eigenvalue weighted by atomic mass is 32.2. The Morgan fingerprint density at radius 3 is 2.45 bits per heavy atom. The van der Waals surface area contributed by atoms with E-state index in [2.05, 4.69) is 23.5 Å². The summed E-state index contributed by atoms with van der Waals surface area (Å²) in [5.41, 5.74) is 3.99. The second kappa shape index (κ2) is 9.25. The lowest BCUT2D eigenvalue weighted by Crippen LogP contribution is -2.19. The van der Waals surface area contributed by atoms with Gasteiger partial charge >= 0.3 is 0 Å². The number of thioether (sulfide) groups is 1. The fourth-order valence-corrected chi connectivity index (χ4v) is 5.13. The molecular formula is C27H21NO3S2. The van der Waals surface area contributed by atoms with Crippen LogP contribution >= 0.6 is 24.0 Å². The third-order valence-corrected chi connectivity index (χ3v) is 6.67. The van der Waals surface area contributed by atoms with Crippen molar-refractivity contribution in [1.29, 1.82) is 0 Å². The summed E-state index contributed by atoms with van der Waals surface area (Å²) in [6, 6.07) is 26.2. The lowest BCUT2D eigenvalue weighted by atomic mass is 9.81. The minimum absolute atomic E-state index is 0.104. The van der Waals surface area contributed by atoms with Gasteiger partial charge in [-0.25, -0.2) is 0 Å². The van der Waals surface area contributed by atoms with E-state index in [0.717, 1.165) is 33.8 Å². The Labute approximate surface area is 202 Å². The van der Waals surface area contributed by atoms with E-state index in [0.29, 0.717) is 21.6 Å². The fraction of sp³-hybridized carbons (Fsp3) is 0.111. The van der Waals surface area contributed by atoms with Gasteiger partial charge in [-0.05, 0) is 48.9 Å². The quantitative estimate of drug-likeness (QED) is 0.362. The third-order valence-electron chi connectivity index (χ3n) is 5.50. The fourth-order valence-electron chi connectivity index (χ4n) is 4.09. The van der Waals surface area contributed by atoms with Gasteiger partial charge in [-0.1, -0.05) is 72.5 Å².